The molecule has 3 aromatic carbocycles. The molecule has 2 saturated heterocycles. The normalized spacial score (nSPS) is 16.6. The number of amides is 3. The number of nitrogens with one attached hydrogen (secondary N) is 1. The number of nitrogens with zero attached hydrogens (tertiary/aromatic N) is 4. The van der Waals surface area contributed by atoms with Gasteiger partial charge in [0.2, 0.25) is 0 Å². The van der Waals surface area contributed by atoms with E-state index >= 15 is 0 Å². The third kappa shape index (κ3) is 6.11. The predicted octanol–water partition coefficient (Wildman–Crippen LogP) is 4.44. The van der Waals surface area contributed by atoms with Gasteiger partial charge in [0.05, 0.1) is 30.5 Å². The third-order valence-corrected chi connectivity index (χ3v) is 8.64. The molecule has 9 heteroatoms. The van der Waals surface area contributed by atoms with E-state index in [1.807, 2.05) is 88.7 Å². The molecule has 1 N–H and O–H groups in total. The minimum absolute atomic E-state index is 0.0476. The van der Waals surface area contributed by atoms with Crippen LogP contribution in [-0.4, -0.2) is 83.7 Å². The Hall–Kier alpha value is -4.47. The quantitative estimate of drug-likeness (QED) is 0.343. The summed E-state index contributed by atoms with van der Waals surface area (Å²) in [6, 6.07) is 26.7. The van der Waals surface area contributed by atoms with Crippen LogP contribution in [0.15, 0.2) is 89.7 Å². The van der Waals surface area contributed by atoms with Gasteiger partial charge in [0.25, 0.3) is 11.5 Å². The average molecular weight is 594 g/mol. The standard InChI is InChI=1S/C35H39N5O4/c1-2-30(26-11-5-3-6-12-26)36-33(41)32-28-15-9-10-16-29(28)34(42)40(27-13-7-4-8-14-27)31(32)25-37-17-19-38(20-18-37)35(43)39-21-23-44-24-22-39/h3-16,30H,2,17-25H2,1H3,(H,36,41)/t30-/m0/s1. The zero-order valence-electron chi connectivity index (χ0n) is 25.2. The zero-order valence-corrected chi connectivity index (χ0v) is 25.2. The van der Waals surface area contributed by atoms with Crippen LogP contribution in [-0.2, 0) is 11.3 Å². The predicted molar refractivity (Wildman–Crippen MR) is 171 cm³/mol. The van der Waals surface area contributed by atoms with Crippen molar-refractivity contribution in [2.45, 2.75) is 25.9 Å². The van der Waals surface area contributed by atoms with Gasteiger partial charge in [-0.25, -0.2) is 4.79 Å². The molecule has 1 aromatic heterocycles. The maximum Gasteiger partial charge on any atom is 0.320 e. The molecular weight excluding hydrogens is 554 g/mol. The molecule has 2 aliphatic heterocycles. The van der Waals surface area contributed by atoms with Crippen LogP contribution in [0.5, 0.6) is 0 Å². The van der Waals surface area contributed by atoms with Gasteiger partial charge in [-0.15, -0.1) is 0 Å². The molecule has 228 valence electrons. The fourth-order valence-electron chi connectivity index (χ4n) is 6.25. The van der Waals surface area contributed by atoms with Crippen molar-refractivity contribution in [2.24, 2.45) is 0 Å². The summed E-state index contributed by atoms with van der Waals surface area (Å²) >= 11 is 0. The Morgan fingerprint density at radius 3 is 2.02 bits per heavy atom. The number of hydrogen-bond acceptors (Lipinski definition) is 5. The number of pyridine rings is 1. The molecule has 0 bridgehead atoms. The van der Waals surface area contributed by atoms with Gasteiger partial charge < -0.3 is 19.9 Å². The van der Waals surface area contributed by atoms with Gasteiger partial charge >= 0.3 is 6.03 Å². The third-order valence-electron chi connectivity index (χ3n) is 8.64. The molecule has 0 spiro atoms. The number of carbonyl (C=O) groups is 2. The SMILES string of the molecule is CC[C@H](NC(=O)c1c(CN2CCN(C(=O)N3CCOCC3)CC2)n(-c2ccccc2)c(=O)c2ccccc12)c1ccccc1. The smallest absolute Gasteiger partial charge is 0.320 e. The van der Waals surface area contributed by atoms with Crippen molar-refractivity contribution in [1.82, 2.24) is 24.6 Å². The second kappa shape index (κ2) is 13.4. The number of benzene rings is 3. The highest BCUT2D eigenvalue weighted by Crippen LogP contribution is 2.26. The Labute approximate surface area is 257 Å². The number of carbonyl (C=O) groups excluding carboxylic acids is 2. The number of morpholine rings is 1. The number of para-hydroxylation sites is 1. The summed E-state index contributed by atoms with van der Waals surface area (Å²) in [6.07, 6.45) is 0.723. The monoisotopic (exact) mass is 593 g/mol. The number of hydrogen-bond donors (Lipinski definition) is 1. The summed E-state index contributed by atoms with van der Waals surface area (Å²) in [6.45, 7) is 7.22. The summed E-state index contributed by atoms with van der Waals surface area (Å²) in [5.74, 6) is -0.210. The Bertz CT molecular complexity index is 1660. The average Bonchev–Trinajstić information content (AvgIpc) is 3.08. The van der Waals surface area contributed by atoms with Crippen LogP contribution < -0.4 is 10.9 Å². The second-order valence-electron chi connectivity index (χ2n) is 11.3. The van der Waals surface area contributed by atoms with Crippen LogP contribution in [0.1, 0.15) is 41.0 Å². The van der Waals surface area contributed by atoms with Crippen molar-refractivity contribution in [3.8, 4) is 5.69 Å². The number of fused-ring (bicyclic) bond motifs is 1. The summed E-state index contributed by atoms with van der Waals surface area (Å²) in [5, 5.41) is 4.42. The van der Waals surface area contributed by atoms with Gasteiger partial charge in [-0.1, -0.05) is 73.7 Å². The first kappa shape index (κ1) is 29.6. The molecule has 3 heterocycles. The minimum atomic E-state index is -0.210. The maximum atomic E-state index is 14.4. The topological polar surface area (TPSA) is 87.1 Å². The summed E-state index contributed by atoms with van der Waals surface area (Å²) in [7, 11) is 0. The summed E-state index contributed by atoms with van der Waals surface area (Å²) in [5.41, 5.74) is 2.74. The van der Waals surface area contributed by atoms with Crippen LogP contribution in [0, 0.1) is 0 Å². The Kier molecular flexibility index (Phi) is 9.04. The lowest BCUT2D eigenvalue weighted by Gasteiger charge is -2.39. The fourth-order valence-corrected chi connectivity index (χ4v) is 6.25. The van der Waals surface area contributed by atoms with E-state index in [2.05, 4.69) is 17.1 Å². The van der Waals surface area contributed by atoms with E-state index in [0.717, 1.165) is 12.0 Å². The van der Waals surface area contributed by atoms with E-state index in [4.69, 9.17) is 4.74 Å². The van der Waals surface area contributed by atoms with Crippen molar-refractivity contribution in [1.29, 1.82) is 0 Å². The molecule has 0 aliphatic carbocycles. The molecule has 1 atom stereocenters. The van der Waals surface area contributed by atoms with Gasteiger partial charge in [-0.3, -0.25) is 19.1 Å². The molecule has 0 saturated carbocycles. The van der Waals surface area contributed by atoms with Crippen LogP contribution in [0.3, 0.4) is 0 Å². The van der Waals surface area contributed by atoms with Gasteiger partial charge in [-0.05, 0) is 30.2 Å². The maximum absolute atomic E-state index is 14.4. The van der Waals surface area contributed by atoms with Gasteiger partial charge in [0, 0.05) is 62.3 Å². The van der Waals surface area contributed by atoms with Crippen molar-refractivity contribution in [3.63, 3.8) is 0 Å². The highest BCUT2D eigenvalue weighted by Gasteiger charge is 2.30. The Morgan fingerprint density at radius 1 is 0.773 bits per heavy atom. The largest absolute Gasteiger partial charge is 0.378 e. The van der Waals surface area contributed by atoms with Gasteiger partial charge in [0.15, 0.2) is 0 Å². The summed E-state index contributed by atoms with van der Waals surface area (Å²) < 4.78 is 7.11. The number of aromatic nitrogens is 1. The molecule has 4 aromatic rings. The molecular formula is C35H39N5O4. The first-order valence-electron chi connectivity index (χ1n) is 15.5. The van der Waals surface area contributed by atoms with Crippen LogP contribution in [0.25, 0.3) is 16.5 Å². The lowest BCUT2D eigenvalue weighted by Crippen LogP contribution is -2.54. The van der Waals surface area contributed by atoms with Crippen molar-refractivity contribution in [3.05, 3.63) is 112 Å². The Morgan fingerprint density at radius 2 is 1.36 bits per heavy atom. The molecule has 2 fully saturated rings. The van der Waals surface area contributed by atoms with E-state index in [0.29, 0.717) is 86.7 Å². The number of ether oxygens (including phenoxy) is 1. The molecule has 9 nitrogen and oxygen atoms in total. The first-order chi connectivity index (χ1) is 21.5. The van der Waals surface area contributed by atoms with Gasteiger partial charge in [-0.2, -0.15) is 0 Å². The fraction of sp³-hybridized carbons (Fsp3) is 0.343. The minimum Gasteiger partial charge on any atom is -0.378 e. The van der Waals surface area contributed by atoms with Gasteiger partial charge in [0.1, 0.15) is 0 Å². The zero-order chi connectivity index (χ0) is 30.5. The van der Waals surface area contributed by atoms with E-state index < -0.39 is 0 Å². The highest BCUT2D eigenvalue weighted by atomic mass is 16.5. The highest BCUT2D eigenvalue weighted by molar-refractivity contribution is 6.08. The van der Waals surface area contributed by atoms with Crippen LogP contribution in [0.4, 0.5) is 4.79 Å². The van der Waals surface area contributed by atoms with E-state index in [1.165, 1.54) is 0 Å². The van der Waals surface area contributed by atoms with Crippen LogP contribution in [0.2, 0.25) is 0 Å². The van der Waals surface area contributed by atoms with E-state index in [-0.39, 0.29) is 23.5 Å². The Balaban J connectivity index is 1.37. The molecule has 6 rings (SSSR count). The van der Waals surface area contributed by atoms with Crippen LogP contribution >= 0.6 is 0 Å². The number of rotatable bonds is 7. The van der Waals surface area contributed by atoms with Crippen molar-refractivity contribution < 1.29 is 14.3 Å². The lowest BCUT2D eigenvalue weighted by molar-refractivity contribution is 0.0372. The van der Waals surface area contributed by atoms with Crippen molar-refractivity contribution >= 4 is 22.7 Å². The molecule has 0 unspecified atom stereocenters. The van der Waals surface area contributed by atoms with Crippen molar-refractivity contribution in [2.75, 3.05) is 52.5 Å². The molecule has 0 radical (unpaired) electrons. The van der Waals surface area contributed by atoms with E-state index in [1.54, 1.807) is 10.6 Å². The number of urea groups is 1. The summed E-state index contributed by atoms with van der Waals surface area (Å²) in [4.78, 5) is 47.6. The number of piperazine rings is 1. The first-order valence-corrected chi connectivity index (χ1v) is 15.5. The second-order valence-corrected chi connectivity index (χ2v) is 11.3. The molecule has 44 heavy (non-hydrogen) atoms. The van der Waals surface area contributed by atoms with E-state index in [9.17, 15) is 14.4 Å². The molecule has 2 aliphatic rings. The lowest BCUT2D eigenvalue weighted by atomic mass is 9.99. The molecule has 3 amide bonds.